The largest absolute Gasteiger partial charge is 0.390 e. The average Bonchev–Trinajstić information content (AvgIpc) is 2.18. The molecule has 0 amide bonds. The summed E-state index contributed by atoms with van der Waals surface area (Å²) in [5.41, 5.74) is 0.386. The van der Waals surface area contributed by atoms with Crippen molar-refractivity contribution in [1.29, 1.82) is 0 Å². The van der Waals surface area contributed by atoms with Crippen LogP contribution in [0.1, 0.15) is 46.5 Å². The maximum Gasteiger partial charge on any atom is 0.0833 e. The Morgan fingerprint density at radius 3 is 2.50 bits per heavy atom. The number of methoxy groups -OCH3 is 1. The van der Waals surface area contributed by atoms with Crippen molar-refractivity contribution in [3.63, 3.8) is 0 Å². The van der Waals surface area contributed by atoms with Gasteiger partial charge in [0.2, 0.25) is 0 Å². The minimum Gasteiger partial charge on any atom is -0.390 e. The molecule has 1 rings (SSSR count). The highest BCUT2D eigenvalue weighted by Crippen LogP contribution is 2.41. The van der Waals surface area contributed by atoms with Gasteiger partial charge in [0, 0.05) is 7.11 Å². The first kappa shape index (κ1) is 12.0. The molecule has 0 heterocycles. The minimum absolute atomic E-state index is 0.0552. The molecule has 0 aromatic heterocycles. The fourth-order valence-electron chi connectivity index (χ4n) is 2.36. The summed E-state index contributed by atoms with van der Waals surface area (Å²) in [6, 6.07) is 0. The molecular weight excluding hydrogens is 176 g/mol. The van der Waals surface area contributed by atoms with Gasteiger partial charge in [0.25, 0.3) is 0 Å². The third kappa shape index (κ3) is 2.48. The molecule has 0 spiro atoms. The molecule has 1 fully saturated rings. The summed E-state index contributed by atoms with van der Waals surface area (Å²) in [6.07, 6.45) is 4.06. The van der Waals surface area contributed by atoms with E-state index in [9.17, 15) is 5.11 Å². The van der Waals surface area contributed by atoms with Crippen molar-refractivity contribution in [2.75, 3.05) is 7.11 Å². The molecule has 84 valence electrons. The lowest BCUT2D eigenvalue weighted by Crippen LogP contribution is -2.39. The van der Waals surface area contributed by atoms with E-state index in [1.807, 2.05) is 0 Å². The van der Waals surface area contributed by atoms with Crippen LogP contribution in [0.2, 0.25) is 0 Å². The van der Waals surface area contributed by atoms with Gasteiger partial charge in [-0.05, 0) is 30.6 Å². The molecule has 0 saturated heterocycles. The van der Waals surface area contributed by atoms with Gasteiger partial charge in [-0.25, -0.2) is 0 Å². The molecule has 0 aromatic rings. The number of ether oxygens (including phenoxy) is 1. The maximum absolute atomic E-state index is 9.70. The maximum atomic E-state index is 9.70. The Hall–Kier alpha value is -0.0800. The van der Waals surface area contributed by atoms with Crippen molar-refractivity contribution in [3.05, 3.63) is 0 Å². The zero-order valence-corrected chi connectivity index (χ0v) is 9.92. The lowest BCUT2D eigenvalue weighted by molar-refractivity contribution is -0.0677. The fraction of sp³-hybridized carbons (Fsp3) is 1.00. The van der Waals surface area contributed by atoms with Crippen LogP contribution < -0.4 is 0 Å². The first-order chi connectivity index (χ1) is 6.51. The van der Waals surface area contributed by atoms with E-state index in [1.54, 1.807) is 7.11 Å². The topological polar surface area (TPSA) is 29.5 Å². The summed E-state index contributed by atoms with van der Waals surface area (Å²) in [6.45, 7) is 6.89. The molecule has 3 unspecified atom stereocenters. The highest BCUT2D eigenvalue weighted by atomic mass is 16.5. The number of hydrogen-bond donors (Lipinski definition) is 1. The Morgan fingerprint density at radius 2 is 2.00 bits per heavy atom. The van der Waals surface area contributed by atoms with Crippen LogP contribution in [0.15, 0.2) is 0 Å². The first-order valence-corrected chi connectivity index (χ1v) is 5.72. The highest BCUT2D eigenvalue weighted by Gasteiger charge is 2.36. The summed E-state index contributed by atoms with van der Waals surface area (Å²) >= 11 is 0. The van der Waals surface area contributed by atoms with E-state index in [-0.39, 0.29) is 12.2 Å². The third-order valence-electron chi connectivity index (χ3n) is 4.08. The second-order valence-corrected chi connectivity index (χ2v) is 5.19. The van der Waals surface area contributed by atoms with Gasteiger partial charge in [0.05, 0.1) is 12.2 Å². The van der Waals surface area contributed by atoms with E-state index in [4.69, 9.17) is 4.74 Å². The smallest absolute Gasteiger partial charge is 0.0833 e. The molecule has 1 aliphatic carbocycles. The number of rotatable bonds is 3. The molecule has 2 heteroatoms. The van der Waals surface area contributed by atoms with Gasteiger partial charge in [-0.1, -0.05) is 27.2 Å². The van der Waals surface area contributed by atoms with Crippen LogP contribution in [0.4, 0.5) is 0 Å². The zero-order chi connectivity index (χ0) is 10.8. The lowest BCUT2D eigenvalue weighted by Gasteiger charge is -2.41. The molecule has 1 N–H and O–H groups in total. The molecule has 0 bridgehead atoms. The van der Waals surface area contributed by atoms with E-state index in [2.05, 4.69) is 20.8 Å². The quantitative estimate of drug-likeness (QED) is 0.759. The predicted molar refractivity (Wildman–Crippen MR) is 58.2 cm³/mol. The van der Waals surface area contributed by atoms with Crippen molar-refractivity contribution in [2.45, 2.75) is 58.7 Å². The van der Waals surface area contributed by atoms with Gasteiger partial charge in [0.1, 0.15) is 0 Å². The van der Waals surface area contributed by atoms with Crippen molar-refractivity contribution >= 4 is 0 Å². The van der Waals surface area contributed by atoms with E-state index in [1.165, 1.54) is 6.42 Å². The molecular formula is C12H24O2. The van der Waals surface area contributed by atoms with Gasteiger partial charge in [-0.15, -0.1) is 0 Å². The predicted octanol–water partition coefficient (Wildman–Crippen LogP) is 2.60. The Bertz CT molecular complexity index is 177. The zero-order valence-electron chi connectivity index (χ0n) is 9.92. The second kappa shape index (κ2) is 4.63. The minimum atomic E-state index is -0.246. The van der Waals surface area contributed by atoms with Crippen LogP contribution in [0.3, 0.4) is 0 Å². The molecule has 0 aliphatic heterocycles. The number of hydrogen-bond acceptors (Lipinski definition) is 2. The van der Waals surface area contributed by atoms with Crippen molar-refractivity contribution < 1.29 is 9.84 Å². The van der Waals surface area contributed by atoms with Crippen LogP contribution >= 0.6 is 0 Å². The lowest BCUT2D eigenvalue weighted by atomic mass is 9.68. The first-order valence-electron chi connectivity index (χ1n) is 5.72. The van der Waals surface area contributed by atoms with Gasteiger partial charge < -0.3 is 9.84 Å². The normalized spacial score (nSPS) is 34.5. The van der Waals surface area contributed by atoms with E-state index in [0.717, 1.165) is 19.3 Å². The Morgan fingerprint density at radius 1 is 1.36 bits per heavy atom. The van der Waals surface area contributed by atoms with Crippen molar-refractivity contribution in [1.82, 2.24) is 0 Å². The van der Waals surface area contributed by atoms with E-state index in [0.29, 0.717) is 11.3 Å². The second-order valence-electron chi connectivity index (χ2n) is 5.19. The Balaban J connectivity index is 2.58. The van der Waals surface area contributed by atoms with Gasteiger partial charge in [0.15, 0.2) is 0 Å². The fourth-order valence-corrected chi connectivity index (χ4v) is 2.36. The number of aliphatic hydroxyl groups excluding tert-OH is 1. The summed E-state index contributed by atoms with van der Waals surface area (Å²) in [4.78, 5) is 0. The SMILES string of the molecule is CCC(C)(C)C1CCC(O)C(OC)C1. The molecule has 1 saturated carbocycles. The van der Waals surface area contributed by atoms with Crippen molar-refractivity contribution in [3.8, 4) is 0 Å². The molecule has 2 nitrogen and oxygen atoms in total. The molecule has 3 atom stereocenters. The summed E-state index contributed by atoms with van der Waals surface area (Å²) < 4.78 is 5.32. The summed E-state index contributed by atoms with van der Waals surface area (Å²) in [5, 5.41) is 9.70. The van der Waals surface area contributed by atoms with Crippen LogP contribution in [0.5, 0.6) is 0 Å². The Labute approximate surface area is 87.7 Å². The monoisotopic (exact) mass is 200 g/mol. The molecule has 1 aliphatic rings. The molecule has 14 heavy (non-hydrogen) atoms. The summed E-state index contributed by atoms with van der Waals surface area (Å²) in [5.74, 6) is 0.695. The van der Waals surface area contributed by atoms with Gasteiger partial charge in [-0.3, -0.25) is 0 Å². The van der Waals surface area contributed by atoms with Crippen LogP contribution in [-0.2, 0) is 4.74 Å². The van der Waals surface area contributed by atoms with Gasteiger partial charge >= 0.3 is 0 Å². The van der Waals surface area contributed by atoms with E-state index >= 15 is 0 Å². The van der Waals surface area contributed by atoms with Crippen LogP contribution in [-0.4, -0.2) is 24.4 Å². The van der Waals surface area contributed by atoms with Gasteiger partial charge in [-0.2, -0.15) is 0 Å². The van der Waals surface area contributed by atoms with E-state index < -0.39 is 0 Å². The van der Waals surface area contributed by atoms with Crippen LogP contribution in [0, 0.1) is 11.3 Å². The Kier molecular flexibility index (Phi) is 3.96. The van der Waals surface area contributed by atoms with Crippen molar-refractivity contribution in [2.24, 2.45) is 11.3 Å². The molecule has 0 aromatic carbocycles. The number of aliphatic hydroxyl groups is 1. The van der Waals surface area contributed by atoms with Crippen LogP contribution in [0.25, 0.3) is 0 Å². The average molecular weight is 200 g/mol. The summed E-state index contributed by atoms with van der Waals surface area (Å²) in [7, 11) is 1.70. The molecule has 0 radical (unpaired) electrons. The standard InChI is InChI=1S/C12H24O2/c1-5-12(2,3)9-6-7-10(13)11(8-9)14-4/h9-11,13H,5-8H2,1-4H3. The highest BCUT2D eigenvalue weighted by molar-refractivity contribution is 4.87. The third-order valence-corrected chi connectivity index (χ3v) is 4.08.